The van der Waals surface area contributed by atoms with Crippen molar-refractivity contribution in [3.8, 4) is 16.9 Å². The van der Waals surface area contributed by atoms with E-state index in [1.165, 1.54) is 6.08 Å². The Morgan fingerprint density at radius 2 is 2.21 bits per heavy atom. The number of benzene rings is 1. The number of anilines is 1. The van der Waals surface area contributed by atoms with Crippen molar-refractivity contribution in [2.75, 3.05) is 5.32 Å². The van der Waals surface area contributed by atoms with Gasteiger partial charge < -0.3 is 14.8 Å². The number of aromatic hydroxyl groups is 1. The summed E-state index contributed by atoms with van der Waals surface area (Å²) in [5.74, 6) is 1.21. The lowest BCUT2D eigenvalue weighted by molar-refractivity contribution is 0.456. The van der Waals surface area contributed by atoms with Crippen molar-refractivity contribution >= 4 is 12.0 Å². The van der Waals surface area contributed by atoms with Gasteiger partial charge in [0.25, 0.3) is 0 Å². The zero-order valence-corrected chi connectivity index (χ0v) is 10.9. The van der Waals surface area contributed by atoms with Crippen molar-refractivity contribution in [3.05, 3.63) is 42.2 Å². The molecule has 1 fully saturated rings. The van der Waals surface area contributed by atoms with Crippen LogP contribution >= 0.6 is 0 Å². The van der Waals surface area contributed by atoms with Crippen LogP contribution in [0.3, 0.4) is 0 Å². The Morgan fingerprint density at radius 3 is 2.84 bits per heavy atom. The molecule has 1 heterocycles. The fraction of sp³-hybridized carbons (Fsp3) is 0.250. The van der Waals surface area contributed by atoms with Gasteiger partial charge in [0.2, 0.25) is 5.88 Å². The first kappa shape index (κ1) is 11.9. The molecule has 0 radical (unpaired) electrons. The van der Waals surface area contributed by atoms with Gasteiger partial charge in [-0.3, -0.25) is 0 Å². The molecule has 19 heavy (non-hydrogen) atoms. The van der Waals surface area contributed by atoms with Crippen molar-refractivity contribution < 1.29 is 9.52 Å². The monoisotopic (exact) mass is 255 g/mol. The largest absolute Gasteiger partial charge is 0.504 e. The van der Waals surface area contributed by atoms with Crippen LogP contribution in [0, 0.1) is 6.92 Å². The lowest BCUT2D eigenvalue weighted by Crippen LogP contribution is -2.00. The van der Waals surface area contributed by atoms with Gasteiger partial charge >= 0.3 is 0 Å². The Balaban J connectivity index is 2.11. The van der Waals surface area contributed by atoms with Gasteiger partial charge in [-0.2, -0.15) is 0 Å². The quantitative estimate of drug-likeness (QED) is 0.861. The van der Waals surface area contributed by atoms with Crippen LogP contribution in [0.1, 0.15) is 24.2 Å². The number of hydrogen-bond donors (Lipinski definition) is 2. The molecular formula is C16H17NO2. The third kappa shape index (κ3) is 2.24. The third-order valence-corrected chi connectivity index (χ3v) is 3.31. The number of furan rings is 1. The zero-order valence-electron chi connectivity index (χ0n) is 10.9. The lowest BCUT2D eigenvalue weighted by Gasteiger charge is -2.05. The van der Waals surface area contributed by atoms with E-state index < -0.39 is 0 Å². The summed E-state index contributed by atoms with van der Waals surface area (Å²) in [6.45, 7) is 5.70. The molecule has 1 aromatic heterocycles. The minimum Gasteiger partial charge on any atom is -0.504 e. The highest BCUT2D eigenvalue weighted by atomic mass is 16.4. The standard InChI is InChI=1S/C16H17NO2/c1-3-13-15(18)14(11-6-4-5-10(2)9-11)16(19-13)17-12-7-8-12/h3-6,9,12,17-18H,1,7-8H2,2H3. The number of aryl methyl sites for hydroxylation is 1. The SMILES string of the molecule is C=Cc1oc(NC2CC2)c(-c2cccc(C)c2)c1O. The lowest BCUT2D eigenvalue weighted by atomic mass is 10.0. The predicted octanol–water partition coefficient (Wildman–Crippen LogP) is 4.18. The summed E-state index contributed by atoms with van der Waals surface area (Å²) in [6, 6.07) is 8.49. The normalized spacial score (nSPS) is 14.4. The summed E-state index contributed by atoms with van der Waals surface area (Å²) in [5, 5.41) is 13.6. The summed E-state index contributed by atoms with van der Waals surface area (Å²) in [5.41, 5.74) is 2.83. The van der Waals surface area contributed by atoms with Crippen molar-refractivity contribution in [2.24, 2.45) is 0 Å². The van der Waals surface area contributed by atoms with E-state index in [9.17, 15) is 5.11 Å². The van der Waals surface area contributed by atoms with Crippen LogP contribution in [0.4, 0.5) is 5.88 Å². The van der Waals surface area contributed by atoms with Crippen molar-refractivity contribution in [1.29, 1.82) is 0 Å². The maximum atomic E-state index is 10.3. The molecule has 1 aliphatic rings. The van der Waals surface area contributed by atoms with Crippen LogP contribution < -0.4 is 5.32 Å². The van der Waals surface area contributed by atoms with E-state index in [1.54, 1.807) is 0 Å². The van der Waals surface area contributed by atoms with Crippen molar-refractivity contribution in [2.45, 2.75) is 25.8 Å². The summed E-state index contributed by atoms with van der Waals surface area (Å²) >= 11 is 0. The number of rotatable bonds is 4. The maximum Gasteiger partial charge on any atom is 0.205 e. The highest BCUT2D eigenvalue weighted by Crippen LogP contribution is 2.43. The van der Waals surface area contributed by atoms with E-state index in [0.29, 0.717) is 17.7 Å². The van der Waals surface area contributed by atoms with Gasteiger partial charge in [0, 0.05) is 6.04 Å². The molecule has 98 valence electrons. The molecule has 2 N–H and O–H groups in total. The van der Waals surface area contributed by atoms with Gasteiger partial charge in [-0.25, -0.2) is 0 Å². The Labute approximate surface area is 112 Å². The van der Waals surface area contributed by atoms with Crippen LogP contribution in [-0.4, -0.2) is 11.1 Å². The molecule has 0 amide bonds. The first-order valence-electron chi connectivity index (χ1n) is 6.51. The third-order valence-electron chi connectivity index (χ3n) is 3.31. The minimum absolute atomic E-state index is 0.156. The van der Waals surface area contributed by atoms with E-state index in [-0.39, 0.29) is 5.75 Å². The average Bonchev–Trinajstić information content (AvgIpc) is 3.13. The Morgan fingerprint density at radius 1 is 1.42 bits per heavy atom. The molecule has 2 aromatic rings. The molecule has 3 nitrogen and oxygen atoms in total. The zero-order chi connectivity index (χ0) is 13.4. The van der Waals surface area contributed by atoms with Gasteiger partial charge in [-0.1, -0.05) is 36.4 Å². The first-order chi connectivity index (χ1) is 9.19. The fourth-order valence-electron chi connectivity index (χ4n) is 2.16. The van der Waals surface area contributed by atoms with Gasteiger partial charge in [0.15, 0.2) is 11.5 Å². The fourth-order valence-corrected chi connectivity index (χ4v) is 2.16. The molecule has 1 saturated carbocycles. The van der Waals surface area contributed by atoms with Crippen LogP contribution in [0.25, 0.3) is 17.2 Å². The van der Waals surface area contributed by atoms with Crippen LogP contribution in [0.5, 0.6) is 5.75 Å². The van der Waals surface area contributed by atoms with Gasteiger partial charge in [-0.15, -0.1) is 0 Å². The topological polar surface area (TPSA) is 45.4 Å². The molecule has 1 aromatic carbocycles. The Hall–Kier alpha value is -2.16. The molecule has 0 spiro atoms. The molecular weight excluding hydrogens is 238 g/mol. The summed E-state index contributed by atoms with van der Waals surface area (Å²) in [7, 11) is 0. The van der Waals surface area contributed by atoms with Gasteiger partial charge in [0.1, 0.15) is 0 Å². The second-order valence-electron chi connectivity index (χ2n) is 5.01. The van der Waals surface area contributed by atoms with Crippen LogP contribution in [0.15, 0.2) is 35.3 Å². The van der Waals surface area contributed by atoms with Crippen molar-refractivity contribution in [3.63, 3.8) is 0 Å². The molecule has 0 atom stereocenters. The average molecular weight is 255 g/mol. The summed E-state index contributed by atoms with van der Waals surface area (Å²) in [4.78, 5) is 0. The molecule has 0 saturated heterocycles. The van der Waals surface area contributed by atoms with E-state index in [2.05, 4.69) is 11.9 Å². The predicted molar refractivity (Wildman–Crippen MR) is 77.3 cm³/mol. The Bertz CT molecular complexity index is 624. The molecule has 0 bridgehead atoms. The van der Waals surface area contributed by atoms with Crippen LogP contribution in [-0.2, 0) is 0 Å². The number of nitrogens with one attached hydrogen (secondary N) is 1. The minimum atomic E-state index is 0.156. The second-order valence-corrected chi connectivity index (χ2v) is 5.01. The summed E-state index contributed by atoms with van der Waals surface area (Å²) in [6.07, 6.45) is 3.84. The molecule has 1 aliphatic carbocycles. The highest BCUT2D eigenvalue weighted by Gasteiger charge is 2.27. The number of hydrogen-bond acceptors (Lipinski definition) is 3. The summed E-state index contributed by atoms with van der Waals surface area (Å²) < 4.78 is 5.66. The van der Waals surface area contributed by atoms with Crippen LogP contribution in [0.2, 0.25) is 0 Å². The second kappa shape index (κ2) is 4.50. The molecule has 0 aliphatic heterocycles. The van der Waals surface area contributed by atoms with Gasteiger partial charge in [0.05, 0.1) is 5.56 Å². The Kier molecular flexibility index (Phi) is 2.82. The first-order valence-corrected chi connectivity index (χ1v) is 6.51. The van der Waals surface area contributed by atoms with E-state index in [1.807, 2.05) is 31.2 Å². The van der Waals surface area contributed by atoms with E-state index in [0.717, 1.165) is 29.5 Å². The maximum absolute atomic E-state index is 10.3. The molecule has 3 rings (SSSR count). The van der Waals surface area contributed by atoms with E-state index in [4.69, 9.17) is 4.42 Å². The highest BCUT2D eigenvalue weighted by molar-refractivity contribution is 5.84. The van der Waals surface area contributed by atoms with Crippen molar-refractivity contribution in [1.82, 2.24) is 0 Å². The molecule has 3 heteroatoms. The van der Waals surface area contributed by atoms with E-state index >= 15 is 0 Å². The van der Waals surface area contributed by atoms with Gasteiger partial charge in [-0.05, 0) is 31.4 Å². The molecule has 0 unspecified atom stereocenters. The smallest absolute Gasteiger partial charge is 0.205 e.